The van der Waals surface area contributed by atoms with E-state index in [4.69, 9.17) is 5.26 Å². The van der Waals surface area contributed by atoms with E-state index in [1.807, 2.05) is 12.1 Å². The third-order valence-electron chi connectivity index (χ3n) is 1.37. The highest BCUT2D eigenvalue weighted by molar-refractivity contribution is 5.74. The van der Waals surface area contributed by atoms with Crippen molar-refractivity contribution in [3.8, 4) is 6.07 Å². The second-order valence-corrected chi connectivity index (χ2v) is 2.20. The molecule has 0 N–H and O–H groups in total. The van der Waals surface area contributed by atoms with Crippen LogP contribution in [0, 0.1) is 11.3 Å². The Hall–Kier alpha value is -1.62. The highest BCUT2D eigenvalue weighted by Crippen LogP contribution is 2.02. The summed E-state index contributed by atoms with van der Waals surface area (Å²) >= 11 is 0. The molecule has 11 heavy (non-hydrogen) atoms. The van der Waals surface area contributed by atoms with E-state index in [1.165, 1.54) is 0 Å². The van der Waals surface area contributed by atoms with Gasteiger partial charge in [-0.3, -0.25) is 4.79 Å². The maximum Gasteiger partial charge on any atom is 0.150 e. The van der Waals surface area contributed by atoms with Crippen LogP contribution in [0.3, 0.4) is 0 Å². The van der Waals surface area contributed by atoms with E-state index in [0.717, 1.165) is 11.8 Å². The minimum atomic E-state index is 0.363. The van der Waals surface area contributed by atoms with E-state index < -0.39 is 0 Å². The molecule has 1 aromatic carbocycles. The number of aldehydes is 1. The Balaban J connectivity index is 2.93. The van der Waals surface area contributed by atoms with Crippen LogP contribution in [0.4, 0.5) is 0 Å². The minimum Gasteiger partial charge on any atom is -0.298 e. The second-order valence-electron chi connectivity index (χ2n) is 2.20. The van der Waals surface area contributed by atoms with E-state index in [1.54, 1.807) is 18.2 Å². The van der Waals surface area contributed by atoms with Gasteiger partial charge in [-0.1, -0.05) is 18.2 Å². The molecule has 0 aromatic heterocycles. The fraction of sp³-hybridized carbons (Fsp3) is 0.111. The molecule has 1 rings (SSSR count). The molecule has 1 aromatic rings. The lowest BCUT2D eigenvalue weighted by Gasteiger charge is -1.93. The van der Waals surface area contributed by atoms with Crippen LogP contribution in [0.1, 0.15) is 15.9 Å². The van der Waals surface area contributed by atoms with Gasteiger partial charge in [0.1, 0.15) is 6.29 Å². The van der Waals surface area contributed by atoms with Gasteiger partial charge in [-0.2, -0.15) is 5.26 Å². The maximum absolute atomic E-state index is 10.3. The van der Waals surface area contributed by atoms with Crippen molar-refractivity contribution >= 4 is 6.29 Å². The molecule has 0 spiro atoms. The number of nitriles is 1. The summed E-state index contributed by atoms with van der Waals surface area (Å²) in [7, 11) is 0. The minimum absolute atomic E-state index is 0.363. The number of hydrogen-bond acceptors (Lipinski definition) is 2. The van der Waals surface area contributed by atoms with Crippen molar-refractivity contribution in [2.75, 3.05) is 0 Å². The molecule has 0 bridgehead atoms. The van der Waals surface area contributed by atoms with E-state index in [9.17, 15) is 4.79 Å². The Labute approximate surface area is 65.1 Å². The van der Waals surface area contributed by atoms with Crippen molar-refractivity contribution < 1.29 is 4.79 Å². The first-order valence-corrected chi connectivity index (χ1v) is 3.28. The predicted molar refractivity (Wildman–Crippen MR) is 41.1 cm³/mol. The first-order valence-electron chi connectivity index (χ1n) is 3.28. The number of rotatable bonds is 2. The van der Waals surface area contributed by atoms with Crippen LogP contribution >= 0.6 is 0 Å². The van der Waals surface area contributed by atoms with E-state index >= 15 is 0 Å². The van der Waals surface area contributed by atoms with Crippen molar-refractivity contribution in [2.45, 2.75) is 6.42 Å². The summed E-state index contributed by atoms with van der Waals surface area (Å²) < 4.78 is 0. The van der Waals surface area contributed by atoms with E-state index in [0.29, 0.717) is 12.0 Å². The molecule has 0 saturated carbocycles. The van der Waals surface area contributed by atoms with Gasteiger partial charge in [0.15, 0.2) is 0 Å². The summed E-state index contributed by atoms with van der Waals surface area (Å²) in [5.74, 6) is 0. The molecule has 0 aliphatic heterocycles. The van der Waals surface area contributed by atoms with Gasteiger partial charge in [0.25, 0.3) is 0 Å². The van der Waals surface area contributed by atoms with Gasteiger partial charge >= 0.3 is 0 Å². The topological polar surface area (TPSA) is 40.9 Å². The van der Waals surface area contributed by atoms with E-state index in [-0.39, 0.29) is 0 Å². The summed E-state index contributed by atoms with van der Waals surface area (Å²) in [5, 5.41) is 8.34. The monoisotopic (exact) mass is 145 g/mol. The predicted octanol–water partition coefficient (Wildman–Crippen LogP) is 1.57. The van der Waals surface area contributed by atoms with Crippen LogP contribution in [-0.4, -0.2) is 6.29 Å². The smallest absolute Gasteiger partial charge is 0.150 e. The third-order valence-corrected chi connectivity index (χ3v) is 1.37. The summed E-state index contributed by atoms with van der Waals surface area (Å²) in [4.78, 5) is 10.3. The summed E-state index contributed by atoms with van der Waals surface area (Å²) in [6.45, 7) is 0. The molecule has 0 radical (unpaired) electrons. The number of benzene rings is 1. The molecule has 2 nitrogen and oxygen atoms in total. The number of carbonyl (C=O) groups is 1. The molecular weight excluding hydrogens is 138 g/mol. The molecule has 0 atom stereocenters. The maximum atomic E-state index is 10.3. The Bertz CT molecular complexity index is 299. The molecule has 2 heteroatoms. The highest BCUT2D eigenvalue weighted by atomic mass is 16.1. The number of nitrogens with zero attached hydrogens (tertiary/aromatic N) is 1. The van der Waals surface area contributed by atoms with Gasteiger partial charge in [0.2, 0.25) is 0 Å². The molecule has 0 unspecified atom stereocenters. The zero-order valence-corrected chi connectivity index (χ0v) is 5.95. The molecule has 0 heterocycles. The molecule has 0 amide bonds. The van der Waals surface area contributed by atoms with Crippen molar-refractivity contribution in [1.82, 2.24) is 0 Å². The van der Waals surface area contributed by atoms with Crippen LogP contribution < -0.4 is 0 Å². The SMILES string of the molecule is N#CCc1cccc(C=O)c1. The van der Waals surface area contributed by atoms with Crippen LogP contribution in [0.5, 0.6) is 0 Å². The largest absolute Gasteiger partial charge is 0.298 e. The first-order chi connectivity index (χ1) is 5.36. The van der Waals surface area contributed by atoms with Gasteiger partial charge in [0.05, 0.1) is 12.5 Å². The van der Waals surface area contributed by atoms with Crippen LogP contribution in [0.25, 0.3) is 0 Å². The van der Waals surface area contributed by atoms with Crippen molar-refractivity contribution in [2.24, 2.45) is 0 Å². The fourth-order valence-electron chi connectivity index (χ4n) is 0.868. The van der Waals surface area contributed by atoms with Crippen LogP contribution in [0.2, 0.25) is 0 Å². The lowest BCUT2D eigenvalue weighted by Crippen LogP contribution is -1.84. The zero-order chi connectivity index (χ0) is 8.10. The van der Waals surface area contributed by atoms with Gasteiger partial charge in [0, 0.05) is 5.56 Å². The van der Waals surface area contributed by atoms with Gasteiger partial charge in [-0.05, 0) is 11.6 Å². The van der Waals surface area contributed by atoms with Gasteiger partial charge < -0.3 is 0 Å². The third kappa shape index (κ3) is 1.91. The van der Waals surface area contributed by atoms with Gasteiger partial charge in [-0.25, -0.2) is 0 Å². The Morgan fingerprint density at radius 2 is 2.36 bits per heavy atom. The Morgan fingerprint density at radius 1 is 1.55 bits per heavy atom. The Kier molecular flexibility index (Phi) is 2.40. The lowest BCUT2D eigenvalue weighted by atomic mass is 10.1. The van der Waals surface area contributed by atoms with Gasteiger partial charge in [-0.15, -0.1) is 0 Å². The Morgan fingerprint density at radius 3 is 3.00 bits per heavy atom. The zero-order valence-electron chi connectivity index (χ0n) is 5.95. The average molecular weight is 145 g/mol. The standard InChI is InChI=1S/C9H7NO/c10-5-4-8-2-1-3-9(6-8)7-11/h1-3,6-7H,4H2. The number of carbonyl (C=O) groups excluding carboxylic acids is 1. The summed E-state index contributed by atoms with van der Waals surface area (Å²) in [6, 6.07) is 9.06. The molecule has 0 saturated heterocycles. The second kappa shape index (κ2) is 3.52. The van der Waals surface area contributed by atoms with Crippen LogP contribution in [-0.2, 0) is 6.42 Å². The highest BCUT2D eigenvalue weighted by Gasteiger charge is 1.92. The van der Waals surface area contributed by atoms with Crippen LogP contribution in [0.15, 0.2) is 24.3 Å². The van der Waals surface area contributed by atoms with Crippen molar-refractivity contribution in [3.63, 3.8) is 0 Å². The average Bonchev–Trinajstić information content (AvgIpc) is 2.06. The molecule has 54 valence electrons. The van der Waals surface area contributed by atoms with Crippen molar-refractivity contribution in [1.29, 1.82) is 5.26 Å². The summed E-state index contributed by atoms with van der Waals surface area (Å²) in [6.07, 6.45) is 1.14. The lowest BCUT2D eigenvalue weighted by molar-refractivity contribution is 0.112. The molecule has 0 fully saturated rings. The fourth-order valence-corrected chi connectivity index (χ4v) is 0.868. The molecule has 0 aliphatic rings. The molecular formula is C9H7NO. The normalized spacial score (nSPS) is 8.64. The van der Waals surface area contributed by atoms with E-state index in [2.05, 4.69) is 0 Å². The quantitative estimate of drug-likeness (QED) is 0.592. The number of hydrogen-bond donors (Lipinski definition) is 0. The van der Waals surface area contributed by atoms with Crippen molar-refractivity contribution in [3.05, 3.63) is 35.4 Å². The first kappa shape index (κ1) is 7.49. The summed E-state index contributed by atoms with van der Waals surface area (Å²) in [5.41, 5.74) is 1.51. The molecule has 0 aliphatic carbocycles.